The number of amides is 1. The third kappa shape index (κ3) is 4.25. The van der Waals surface area contributed by atoms with Crippen LogP contribution in [0.25, 0.3) is 5.69 Å². The molecule has 0 spiro atoms. The Kier molecular flexibility index (Phi) is 6.14. The van der Waals surface area contributed by atoms with E-state index >= 15 is 0 Å². The summed E-state index contributed by atoms with van der Waals surface area (Å²) in [6.45, 7) is 5.26. The third-order valence-corrected chi connectivity index (χ3v) is 5.45. The molecule has 1 aliphatic rings. The second kappa shape index (κ2) is 8.56. The van der Waals surface area contributed by atoms with Crippen LogP contribution in [0.4, 0.5) is 0 Å². The molecule has 7 nitrogen and oxygen atoms in total. The topological polar surface area (TPSA) is 84.7 Å². The highest BCUT2D eigenvalue weighted by Gasteiger charge is 2.23. The number of likely N-dealkylation sites (tertiary alicyclic amines) is 1. The molecule has 1 aliphatic heterocycles. The number of hydrogen-bond acceptors (Lipinski definition) is 4. The first-order valence-corrected chi connectivity index (χ1v) is 9.60. The quantitative estimate of drug-likeness (QED) is 0.826. The molecule has 2 aromatic rings. The summed E-state index contributed by atoms with van der Waals surface area (Å²) in [6, 6.07) is 7.42. The predicted octanol–water partition coefficient (Wildman–Crippen LogP) is 2.76. The van der Waals surface area contributed by atoms with Crippen LogP contribution in [0.1, 0.15) is 46.6 Å². The van der Waals surface area contributed by atoms with Gasteiger partial charge in [0.25, 0.3) is 5.91 Å². The van der Waals surface area contributed by atoms with Gasteiger partial charge in [-0.05, 0) is 62.9 Å². The zero-order chi connectivity index (χ0) is 20.3. The number of ether oxygens (including phenoxy) is 1. The van der Waals surface area contributed by atoms with Gasteiger partial charge in [0.1, 0.15) is 0 Å². The van der Waals surface area contributed by atoms with Crippen molar-refractivity contribution in [1.82, 2.24) is 14.7 Å². The molecule has 0 aliphatic carbocycles. The van der Waals surface area contributed by atoms with E-state index in [1.165, 1.54) is 0 Å². The Labute approximate surface area is 164 Å². The summed E-state index contributed by atoms with van der Waals surface area (Å²) in [7, 11) is 1.72. The average molecular weight is 385 g/mol. The lowest BCUT2D eigenvalue weighted by Gasteiger charge is -2.31. The Morgan fingerprint density at radius 3 is 2.39 bits per heavy atom. The van der Waals surface area contributed by atoms with E-state index in [1.807, 2.05) is 47.7 Å². The number of carboxylic acid groups (broad SMARTS) is 1. The third-order valence-electron chi connectivity index (χ3n) is 5.45. The van der Waals surface area contributed by atoms with Gasteiger partial charge in [0.2, 0.25) is 0 Å². The molecule has 28 heavy (non-hydrogen) atoms. The average Bonchev–Trinajstić information content (AvgIpc) is 2.99. The molecule has 7 heteroatoms. The smallest absolute Gasteiger partial charge is 0.303 e. The van der Waals surface area contributed by atoms with Crippen molar-refractivity contribution >= 4 is 11.9 Å². The molecule has 1 N–H and O–H groups in total. The highest BCUT2D eigenvalue weighted by Crippen LogP contribution is 2.21. The summed E-state index contributed by atoms with van der Waals surface area (Å²) in [5.41, 5.74) is 4.24. The minimum atomic E-state index is -0.816. The molecule has 0 unspecified atom stereocenters. The molecule has 3 rings (SSSR count). The number of carbonyl (C=O) groups is 2. The number of aromatic nitrogens is 2. The van der Waals surface area contributed by atoms with Gasteiger partial charge in [-0.1, -0.05) is 0 Å². The SMILES string of the molecule is COC1CCN(C(=O)c2ccc(-n3nc(C)c(CCC(=O)O)c3C)cc2)CC1. The van der Waals surface area contributed by atoms with Crippen LogP contribution in [0.3, 0.4) is 0 Å². The van der Waals surface area contributed by atoms with Crippen molar-refractivity contribution in [2.24, 2.45) is 0 Å². The molecular formula is C21H27N3O4. The summed E-state index contributed by atoms with van der Waals surface area (Å²) in [4.78, 5) is 25.5. The van der Waals surface area contributed by atoms with E-state index < -0.39 is 5.97 Å². The maximum Gasteiger partial charge on any atom is 0.303 e. The van der Waals surface area contributed by atoms with E-state index in [0.29, 0.717) is 25.1 Å². The van der Waals surface area contributed by atoms with E-state index in [4.69, 9.17) is 9.84 Å². The van der Waals surface area contributed by atoms with Crippen molar-refractivity contribution in [3.05, 3.63) is 46.8 Å². The van der Waals surface area contributed by atoms with Crippen molar-refractivity contribution in [3.8, 4) is 5.69 Å². The van der Waals surface area contributed by atoms with Gasteiger partial charge >= 0.3 is 5.97 Å². The minimum absolute atomic E-state index is 0.0385. The maximum absolute atomic E-state index is 12.7. The van der Waals surface area contributed by atoms with Crippen LogP contribution in [0.2, 0.25) is 0 Å². The summed E-state index contributed by atoms with van der Waals surface area (Å²) < 4.78 is 7.17. The first-order valence-electron chi connectivity index (χ1n) is 9.60. The number of aliphatic carboxylic acids is 1. The second-order valence-electron chi connectivity index (χ2n) is 7.23. The van der Waals surface area contributed by atoms with E-state index in [-0.39, 0.29) is 18.4 Å². The molecule has 0 bridgehead atoms. The normalized spacial score (nSPS) is 15.0. The molecule has 1 amide bonds. The summed E-state index contributed by atoms with van der Waals surface area (Å²) >= 11 is 0. The lowest BCUT2D eigenvalue weighted by atomic mass is 10.1. The Morgan fingerprint density at radius 2 is 1.82 bits per heavy atom. The molecule has 1 aromatic carbocycles. The zero-order valence-electron chi connectivity index (χ0n) is 16.6. The van der Waals surface area contributed by atoms with Gasteiger partial charge < -0.3 is 14.7 Å². The largest absolute Gasteiger partial charge is 0.481 e. The van der Waals surface area contributed by atoms with Crippen LogP contribution in [0.5, 0.6) is 0 Å². The lowest BCUT2D eigenvalue weighted by molar-refractivity contribution is -0.136. The Hall–Kier alpha value is -2.67. The fourth-order valence-corrected chi connectivity index (χ4v) is 3.74. The van der Waals surface area contributed by atoms with Crippen LogP contribution < -0.4 is 0 Å². The van der Waals surface area contributed by atoms with E-state index in [2.05, 4.69) is 5.10 Å². The number of carbonyl (C=O) groups excluding carboxylic acids is 1. The number of piperidine rings is 1. The maximum atomic E-state index is 12.7. The monoisotopic (exact) mass is 385 g/mol. The van der Waals surface area contributed by atoms with Gasteiger partial charge in [-0.15, -0.1) is 0 Å². The summed E-state index contributed by atoms with van der Waals surface area (Å²) in [5.74, 6) is -0.777. The number of benzene rings is 1. The molecule has 150 valence electrons. The van der Waals surface area contributed by atoms with Gasteiger partial charge in [0, 0.05) is 37.9 Å². The molecule has 1 aromatic heterocycles. The summed E-state index contributed by atoms with van der Waals surface area (Å²) in [5, 5.41) is 13.5. The van der Waals surface area contributed by atoms with Crippen LogP contribution in [-0.2, 0) is 16.0 Å². The van der Waals surface area contributed by atoms with Crippen LogP contribution in [0, 0.1) is 13.8 Å². The molecule has 2 heterocycles. The number of aryl methyl sites for hydroxylation is 1. The first-order chi connectivity index (χ1) is 13.4. The van der Waals surface area contributed by atoms with E-state index in [9.17, 15) is 9.59 Å². The number of carboxylic acids is 1. The van der Waals surface area contributed by atoms with Crippen molar-refractivity contribution in [2.45, 2.75) is 45.6 Å². The van der Waals surface area contributed by atoms with Gasteiger partial charge in [-0.25, -0.2) is 4.68 Å². The fraction of sp³-hybridized carbons (Fsp3) is 0.476. The number of rotatable bonds is 6. The van der Waals surface area contributed by atoms with Crippen LogP contribution >= 0.6 is 0 Å². The highest BCUT2D eigenvalue weighted by molar-refractivity contribution is 5.94. The molecule has 1 saturated heterocycles. The second-order valence-corrected chi connectivity index (χ2v) is 7.23. The minimum Gasteiger partial charge on any atom is -0.481 e. The van der Waals surface area contributed by atoms with Crippen LogP contribution in [0.15, 0.2) is 24.3 Å². The molecule has 0 radical (unpaired) electrons. The molecule has 0 saturated carbocycles. The zero-order valence-corrected chi connectivity index (χ0v) is 16.6. The Balaban J connectivity index is 1.73. The fourth-order valence-electron chi connectivity index (χ4n) is 3.74. The number of hydrogen-bond donors (Lipinski definition) is 1. The van der Waals surface area contributed by atoms with Gasteiger partial charge in [-0.3, -0.25) is 9.59 Å². The highest BCUT2D eigenvalue weighted by atomic mass is 16.5. The summed E-state index contributed by atoms with van der Waals surface area (Å²) in [6.07, 6.45) is 2.52. The van der Waals surface area contributed by atoms with Crippen molar-refractivity contribution in [2.75, 3.05) is 20.2 Å². The molecular weight excluding hydrogens is 358 g/mol. The van der Waals surface area contributed by atoms with Gasteiger partial charge in [0.05, 0.1) is 17.5 Å². The standard InChI is InChI=1S/C21H27N3O4/c1-14-19(8-9-20(25)26)15(2)24(22-14)17-6-4-16(5-7-17)21(27)23-12-10-18(28-3)11-13-23/h4-7,18H,8-13H2,1-3H3,(H,25,26). The molecule has 1 fully saturated rings. The van der Waals surface area contributed by atoms with Crippen molar-refractivity contribution < 1.29 is 19.4 Å². The first kappa shape index (κ1) is 20.1. The van der Waals surface area contributed by atoms with Crippen molar-refractivity contribution in [3.63, 3.8) is 0 Å². The van der Waals surface area contributed by atoms with Crippen molar-refractivity contribution in [1.29, 1.82) is 0 Å². The molecule has 0 atom stereocenters. The van der Waals surface area contributed by atoms with Gasteiger partial charge in [0.15, 0.2) is 0 Å². The van der Waals surface area contributed by atoms with Crippen LogP contribution in [-0.4, -0.2) is 58.0 Å². The predicted molar refractivity (Wildman–Crippen MR) is 105 cm³/mol. The van der Waals surface area contributed by atoms with E-state index in [0.717, 1.165) is 35.5 Å². The number of methoxy groups -OCH3 is 1. The van der Waals surface area contributed by atoms with E-state index in [1.54, 1.807) is 7.11 Å². The Morgan fingerprint density at radius 1 is 1.18 bits per heavy atom. The number of nitrogens with zero attached hydrogens (tertiary/aromatic N) is 3. The van der Waals surface area contributed by atoms with Gasteiger partial charge in [-0.2, -0.15) is 5.10 Å². The Bertz CT molecular complexity index is 849. The lowest BCUT2D eigenvalue weighted by Crippen LogP contribution is -2.40.